The van der Waals surface area contributed by atoms with Gasteiger partial charge in [0.2, 0.25) is 5.91 Å². The third-order valence-electron chi connectivity index (χ3n) is 4.61. The molecule has 19 heavy (non-hydrogen) atoms. The minimum atomic E-state index is 0.267. The Labute approximate surface area is 116 Å². The van der Waals surface area contributed by atoms with Crippen LogP contribution in [0, 0.1) is 11.8 Å². The summed E-state index contributed by atoms with van der Waals surface area (Å²) in [7, 11) is 1.92. The van der Waals surface area contributed by atoms with Crippen LogP contribution in [0.1, 0.15) is 39.0 Å². The van der Waals surface area contributed by atoms with E-state index in [9.17, 15) is 4.79 Å². The Balaban J connectivity index is 1.72. The highest BCUT2D eigenvalue weighted by Crippen LogP contribution is 2.25. The van der Waals surface area contributed by atoms with E-state index < -0.39 is 0 Å². The SMILES string of the molecule is CC(CC(=O)N(C)CC1CCCO1)C1CCNCC1. The standard InChI is InChI=1S/C15H28N2O2/c1-12(13-5-7-16-8-6-13)10-15(18)17(2)11-14-4-3-9-19-14/h12-14,16H,3-11H2,1-2H3. The van der Waals surface area contributed by atoms with E-state index in [2.05, 4.69) is 12.2 Å². The van der Waals surface area contributed by atoms with Crippen LogP contribution in [-0.2, 0) is 9.53 Å². The van der Waals surface area contributed by atoms with Crippen LogP contribution in [0.3, 0.4) is 0 Å². The van der Waals surface area contributed by atoms with Gasteiger partial charge in [-0.25, -0.2) is 0 Å². The zero-order valence-electron chi connectivity index (χ0n) is 12.4. The summed E-state index contributed by atoms with van der Waals surface area (Å²) < 4.78 is 5.59. The highest BCUT2D eigenvalue weighted by molar-refractivity contribution is 5.76. The lowest BCUT2D eigenvalue weighted by Crippen LogP contribution is -2.37. The number of nitrogens with one attached hydrogen (secondary N) is 1. The van der Waals surface area contributed by atoms with E-state index in [0.29, 0.717) is 18.3 Å². The molecule has 2 aliphatic rings. The van der Waals surface area contributed by atoms with E-state index in [4.69, 9.17) is 4.74 Å². The minimum absolute atomic E-state index is 0.267. The van der Waals surface area contributed by atoms with Crippen molar-refractivity contribution in [3.8, 4) is 0 Å². The second kappa shape index (κ2) is 7.25. The normalized spacial score (nSPS) is 26.3. The van der Waals surface area contributed by atoms with Crippen LogP contribution in [0.25, 0.3) is 0 Å². The van der Waals surface area contributed by atoms with E-state index in [1.54, 1.807) is 0 Å². The Morgan fingerprint density at radius 2 is 2.11 bits per heavy atom. The van der Waals surface area contributed by atoms with Gasteiger partial charge in [0.25, 0.3) is 0 Å². The second-order valence-corrected chi connectivity index (χ2v) is 6.18. The Bertz CT molecular complexity index is 284. The second-order valence-electron chi connectivity index (χ2n) is 6.18. The maximum atomic E-state index is 12.2. The van der Waals surface area contributed by atoms with Crippen molar-refractivity contribution in [2.24, 2.45) is 11.8 Å². The van der Waals surface area contributed by atoms with E-state index in [-0.39, 0.29) is 12.0 Å². The molecule has 2 rings (SSSR count). The van der Waals surface area contributed by atoms with Crippen LogP contribution in [0.5, 0.6) is 0 Å². The molecule has 2 atom stereocenters. The lowest BCUT2D eigenvalue weighted by atomic mass is 9.84. The Morgan fingerprint density at radius 1 is 1.37 bits per heavy atom. The van der Waals surface area contributed by atoms with E-state index in [1.807, 2.05) is 11.9 Å². The van der Waals surface area contributed by atoms with Crippen molar-refractivity contribution in [2.45, 2.75) is 45.1 Å². The third-order valence-corrected chi connectivity index (χ3v) is 4.61. The largest absolute Gasteiger partial charge is 0.376 e. The summed E-state index contributed by atoms with van der Waals surface area (Å²) in [5.41, 5.74) is 0. The maximum absolute atomic E-state index is 12.2. The van der Waals surface area contributed by atoms with E-state index in [0.717, 1.165) is 39.1 Å². The first kappa shape index (κ1) is 14.8. The molecule has 2 heterocycles. The summed E-state index contributed by atoms with van der Waals surface area (Å²) in [5.74, 6) is 1.49. The highest BCUT2D eigenvalue weighted by Gasteiger charge is 2.25. The van der Waals surface area contributed by atoms with Crippen molar-refractivity contribution < 1.29 is 9.53 Å². The van der Waals surface area contributed by atoms with Gasteiger partial charge in [-0.1, -0.05) is 6.92 Å². The fourth-order valence-electron chi connectivity index (χ4n) is 3.21. The molecule has 0 spiro atoms. The van der Waals surface area contributed by atoms with E-state index in [1.165, 1.54) is 12.8 Å². The molecule has 1 amide bonds. The zero-order valence-corrected chi connectivity index (χ0v) is 12.4. The van der Waals surface area contributed by atoms with Gasteiger partial charge in [-0.3, -0.25) is 4.79 Å². The van der Waals surface area contributed by atoms with Gasteiger partial charge in [0.1, 0.15) is 0 Å². The zero-order chi connectivity index (χ0) is 13.7. The molecule has 110 valence electrons. The molecule has 2 unspecified atom stereocenters. The Kier molecular flexibility index (Phi) is 5.64. The molecule has 0 radical (unpaired) electrons. The van der Waals surface area contributed by atoms with E-state index >= 15 is 0 Å². The van der Waals surface area contributed by atoms with Crippen LogP contribution in [0.4, 0.5) is 0 Å². The fraction of sp³-hybridized carbons (Fsp3) is 0.933. The van der Waals surface area contributed by atoms with Crippen LogP contribution in [0.2, 0.25) is 0 Å². The summed E-state index contributed by atoms with van der Waals surface area (Å²) >= 11 is 0. The minimum Gasteiger partial charge on any atom is -0.376 e. The van der Waals surface area contributed by atoms with Crippen LogP contribution in [0.15, 0.2) is 0 Å². The molecular weight excluding hydrogens is 240 g/mol. The summed E-state index contributed by atoms with van der Waals surface area (Å²) in [4.78, 5) is 14.1. The van der Waals surface area contributed by atoms with Crippen molar-refractivity contribution >= 4 is 5.91 Å². The molecule has 2 aliphatic heterocycles. The van der Waals surface area contributed by atoms with Crippen molar-refractivity contribution in [1.29, 1.82) is 0 Å². The topological polar surface area (TPSA) is 41.6 Å². The van der Waals surface area contributed by atoms with Crippen LogP contribution < -0.4 is 5.32 Å². The van der Waals surface area contributed by atoms with Crippen LogP contribution in [-0.4, -0.2) is 50.2 Å². The number of piperidine rings is 1. The number of amides is 1. The van der Waals surface area contributed by atoms with Gasteiger partial charge in [0.15, 0.2) is 0 Å². The fourth-order valence-corrected chi connectivity index (χ4v) is 3.21. The molecule has 0 aromatic rings. The number of ether oxygens (including phenoxy) is 1. The van der Waals surface area contributed by atoms with Gasteiger partial charge < -0.3 is 15.0 Å². The summed E-state index contributed by atoms with van der Waals surface area (Å²) in [5, 5.41) is 3.38. The molecule has 2 saturated heterocycles. The molecule has 0 aliphatic carbocycles. The van der Waals surface area contributed by atoms with Gasteiger partial charge in [-0.2, -0.15) is 0 Å². The number of nitrogens with zero attached hydrogens (tertiary/aromatic N) is 1. The maximum Gasteiger partial charge on any atom is 0.222 e. The molecular formula is C15H28N2O2. The number of rotatable bonds is 5. The highest BCUT2D eigenvalue weighted by atomic mass is 16.5. The molecule has 0 aromatic heterocycles. The number of carbonyl (C=O) groups excluding carboxylic acids is 1. The Morgan fingerprint density at radius 3 is 2.74 bits per heavy atom. The number of carbonyl (C=O) groups is 1. The molecule has 4 nitrogen and oxygen atoms in total. The first-order valence-corrected chi connectivity index (χ1v) is 7.73. The van der Waals surface area contributed by atoms with Crippen molar-refractivity contribution in [3.05, 3.63) is 0 Å². The quantitative estimate of drug-likeness (QED) is 0.824. The van der Waals surface area contributed by atoms with Gasteiger partial charge in [-0.15, -0.1) is 0 Å². The smallest absolute Gasteiger partial charge is 0.222 e. The average Bonchev–Trinajstić information content (AvgIpc) is 2.92. The Hall–Kier alpha value is -0.610. The first-order valence-electron chi connectivity index (χ1n) is 7.73. The molecule has 0 aromatic carbocycles. The summed E-state index contributed by atoms with van der Waals surface area (Å²) in [6.07, 6.45) is 5.62. The first-order chi connectivity index (χ1) is 9.16. The average molecular weight is 268 g/mol. The monoisotopic (exact) mass is 268 g/mol. The molecule has 4 heteroatoms. The van der Waals surface area contributed by atoms with Crippen molar-refractivity contribution in [1.82, 2.24) is 10.2 Å². The van der Waals surface area contributed by atoms with Gasteiger partial charge >= 0.3 is 0 Å². The third kappa shape index (κ3) is 4.46. The molecule has 1 N–H and O–H groups in total. The van der Waals surface area contributed by atoms with Crippen molar-refractivity contribution in [3.63, 3.8) is 0 Å². The van der Waals surface area contributed by atoms with Gasteiger partial charge in [-0.05, 0) is 50.6 Å². The molecule has 0 bridgehead atoms. The summed E-state index contributed by atoms with van der Waals surface area (Å²) in [6, 6.07) is 0. The predicted molar refractivity (Wildman–Crippen MR) is 76.0 cm³/mol. The van der Waals surface area contributed by atoms with Gasteiger partial charge in [0.05, 0.1) is 6.10 Å². The van der Waals surface area contributed by atoms with Gasteiger partial charge in [0, 0.05) is 26.6 Å². The number of hydrogen-bond acceptors (Lipinski definition) is 3. The molecule has 2 fully saturated rings. The lowest BCUT2D eigenvalue weighted by molar-refractivity contribution is -0.132. The lowest BCUT2D eigenvalue weighted by Gasteiger charge is -2.29. The van der Waals surface area contributed by atoms with Crippen molar-refractivity contribution in [2.75, 3.05) is 33.3 Å². The van der Waals surface area contributed by atoms with Crippen LogP contribution >= 0.6 is 0 Å². The number of likely N-dealkylation sites (N-methyl/N-ethyl adjacent to an activating group) is 1. The number of hydrogen-bond donors (Lipinski definition) is 1. The summed E-state index contributed by atoms with van der Waals surface area (Å²) in [6.45, 7) is 6.06. The molecule has 0 saturated carbocycles. The predicted octanol–water partition coefficient (Wildman–Crippen LogP) is 1.65.